The van der Waals surface area contributed by atoms with E-state index in [-0.39, 0.29) is 17.9 Å². The fourth-order valence-corrected chi connectivity index (χ4v) is 2.98. The summed E-state index contributed by atoms with van der Waals surface area (Å²) in [5.74, 6) is 0.744. The molecule has 1 atom stereocenters. The lowest BCUT2D eigenvalue weighted by atomic mass is 10.0. The van der Waals surface area contributed by atoms with Crippen molar-refractivity contribution in [3.8, 4) is 11.5 Å². The van der Waals surface area contributed by atoms with Crippen LogP contribution in [-0.4, -0.2) is 31.6 Å². The summed E-state index contributed by atoms with van der Waals surface area (Å²) in [6.07, 6.45) is 0.102. The number of methoxy groups -OCH3 is 1. The van der Waals surface area contributed by atoms with E-state index in [4.69, 9.17) is 27.8 Å². The molecule has 4 rings (SSSR count). The van der Waals surface area contributed by atoms with Gasteiger partial charge in [-0.2, -0.15) is 0 Å². The quantitative estimate of drug-likeness (QED) is 0.517. The van der Waals surface area contributed by atoms with Crippen LogP contribution in [0.25, 0.3) is 21.9 Å². The molecule has 0 spiro atoms. The number of furan rings is 1. The van der Waals surface area contributed by atoms with Gasteiger partial charge in [-0.1, -0.05) is 0 Å². The zero-order valence-electron chi connectivity index (χ0n) is 14.4. The summed E-state index contributed by atoms with van der Waals surface area (Å²) >= 11 is 0. The van der Waals surface area contributed by atoms with Gasteiger partial charge in [0.2, 0.25) is 5.75 Å². The number of hydrogen-bond acceptors (Lipinski definition) is 8. The van der Waals surface area contributed by atoms with E-state index in [1.807, 2.05) is 0 Å². The van der Waals surface area contributed by atoms with Crippen molar-refractivity contribution in [3.63, 3.8) is 0 Å². The van der Waals surface area contributed by atoms with Crippen molar-refractivity contribution in [1.82, 2.24) is 0 Å². The number of carbonyl (C=O) groups excluding carboxylic acids is 1. The van der Waals surface area contributed by atoms with Gasteiger partial charge in [0.1, 0.15) is 12.4 Å². The molecule has 0 bridgehead atoms. The summed E-state index contributed by atoms with van der Waals surface area (Å²) < 4.78 is 32.4. The maximum Gasteiger partial charge on any atom is 0.509 e. The van der Waals surface area contributed by atoms with Crippen LogP contribution >= 0.6 is 0 Å². The van der Waals surface area contributed by atoms with Gasteiger partial charge in [0.05, 0.1) is 24.1 Å². The van der Waals surface area contributed by atoms with Crippen LogP contribution in [0, 0.1) is 0 Å². The Bertz CT molecular complexity index is 1060. The summed E-state index contributed by atoms with van der Waals surface area (Å²) in [5, 5.41) is 1.23. The summed E-state index contributed by atoms with van der Waals surface area (Å²) in [4.78, 5) is 23.1. The fourth-order valence-electron chi connectivity index (χ4n) is 2.98. The molecule has 0 radical (unpaired) electrons. The zero-order valence-corrected chi connectivity index (χ0v) is 14.4. The van der Waals surface area contributed by atoms with Crippen molar-refractivity contribution in [1.29, 1.82) is 0 Å². The predicted octanol–water partition coefficient (Wildman–Crippen LogP) is 3.24. The average Bonchev–Trinajstić information content (AvgIpc) is 3.15. The van der Waals surface area contributed by atoms with E-state index in [0.29, 0.717) is 22.1 Å². The van der Waals surface area contributed by atoms with Crippen molar-refractivity contribution in [2.45, 2.75) is 25.6 Å². The van der Waals surface area contributed by atoms with Crippen LogP contribution in [-0.2, 0) is 9.47 Å². The molecule has 1 saturated heterocycles. The summed E-state index contributed by atoms with van der Waals surface area (Å²) in [7, 11) is 1.52. The van der Waals surface area contributed by atoms with Crippen molar-refractivity contribution in [3.05, 3.63) is 34.9 Å². The van der Waals surface area contributed by atoms with E-state index in [1.54, 1.807) is 26.0 Å². The van der Waals surface area contributed by atoms with E-state index in [2.05, 4.69) is 0 Å². The third-order valence-corrected chi connectivity index (χ3v) is 4.34. The average molecular weight is 360 g/mol. The molecule has 0 saturated carbocycles. The lowest BCUT2D eigenvalue weighted by Crippen LogP contribution is -2.37. The molecule has 0 N–H and O–H groups in total. The summed E-state index contributed by atoms with van der Waals surface area (Å²) in [6, 6.07) is 4.63. The molecular weight excluding hydrogens is 344 g/mol. The van der Waals surface area contributed by atoms with Crippen molar-refractivity contribution in [2.24, 2.45) is 0 Å². The van der Waals surface area contributed by atoms with Gasteiger partial charge in [0, 0.05) is 6.07 Å². The molecule has 1 unspecified atom stereocenters. The first-order valence-electron chi connectivity index (χ1n) is 7.94. The van der Waals surface area contributed by atoms with Gasteiger partial charge in [-0.05, 0) is 26.0 Å². The topological polar surface area (TPSA) is 97.3 Å². The van der Waals surface area contributed by atoms with Gasteiger partial charge in [-0.25, -0.2) is 9.59 Å². The molecule has 8 heteroatoms. The number of hydrogen-bond donors (Lipinski definition) is 0. The smallest absolute Gasteiger partial charge is 0.495 e. The van der Waals surface area contributed by atoms with E-state index < -0.39 is 23.5 Å². The van der Waals surface area contributed by atoms with Crippen LogP contribution < -0.4 is 15.1 Å². The Morgan fingerprint density at radius 1 is 1.08 bits per heavy atom. The molecule has 3 aromatic rings. The van der Waals surface area contributed by atoms with Crippen molar-refractivity contribution >= 4 is 28.1 Å². The monoisotopic (exact) mass is 360 g/mol. The standard InChI is InChI=1S/C18H16O8/c1-18(2)11(24-17(20)26-18)8-23-16-14-10(6-7-22-14)13(21-3)9-4-5-12(19)25-15(9)16/h4-7,11H,8H2,1-3H3. The van der Waals surface area contributed by atoms with Gasteiger partial charge in [0.15, 0.2) is 22.9 Å². The van der Waals surface area contributed by atoms with Crippen LogP contribution in [0.5, 0.6) is 11.5 Å². The minimum absolute atomic E-state index is 0.00538. The predicted molar refractivity (Wildman–Crippen MR) is 89.7 cm³/mol. The van der Waals surface area contributed by atoms with Gasteiger partial charge in [0.25, 0.3) is 0 Å². The minimum Gasteiger partial charge on any atom is -0.495 e. The Labute approximate surface area is 147 Å². The molecule has 1 aliphatic heterocycles. The molecule has 3 heterocycles. The highest BCUT2D eigenvalue weighted by molar-refractivity contribution is 6.06. The largest absolute Gasteiger partial charge is 0.509 e. The molecular formula is C18H16O8. The van der Waals surface area contributed by atoms with Gasteiger partial charge in [-0.3, -0.25) is 0 Å². The van der Waals surface area contributed by atoms with Crippen LogP contribution in [0.4, 0.5) is 4.79 Å². The highest BCUT2D eigenvalue weighted by Crippen LogP contribution is 2.43. The maximum absolute atomic E-state index is 11.7. The summed E-state index contributed by atoms with van der Waals surface area (Å²) in [6.45, 7) is 3.44. The number of ether oxygens (including phenoxy) is 4. The Balaban J connectivity index is 1.83. The molecule has 1 aliphatic rings. The fraction of sp³-hybridized carbons (Fsp3) is 0.333. The maximum atomic E-state index is 11.7. The normalized spacial score (nSPS) is 18.7. The highest BCUT2D eigenvalue weighted by atomic mass is 16.8. The second kappa shape index (κ2) is 5.69. The van der Waals surface area contributed by atoms with E-state index in [9.17, 15) is 9.59 Å². The van der Waals surface area contributed by atoms with Crippen LogP contribution in [0.2, 0.25) is 0 Å². The van der Waals surface area contributed by atoms with Crippen LogP contribution in [0.3, 0.4) is 0 Å². The number of cyclic esters (lactones) is 2. The third-order valence-electron chi connectivity index (χ3n) is 4.34. The van der Waals surface area contributed by atoms with Gasteiger partial charge in [-0.15, -0.1) is 0 Å². The Morgan fingerprint density at radius 3 is 2.54 bits per heavy atom. The highest BCUT2D eigenvalue weighted by Gasteiger charge is 2.44. The van der Waals surface area contributed by atoms with Crippen LogP contribution in [0.15, 0.2) is 38.1 Å². The zero-order chi connectivity index (χ0) is 18.5. The number of carbonyl (C=O) groups is 1. The van der Waals surface area contributed by atoms with Gasteiger partial charge < -0.3 is 27.8 Å². The Morgan fingerprint density at radius 2 is 1.85 bits per heavy atom. The van der Waals surface area contributed by atoms with Crippen LogP contribution in [0.1, 0.15) is 13.8 Å². The first kappa shape index (κ1) is 16.3. The second-order valence-corrected chi connectivity index (χ2v) is 6.40. The molecule has 8 nitrogen and oxygen atoms in total. The van der Waals surface area contributed by atoms with E-state index in [1.165, 1.54) is 19.4 Å². The molecule has 26 heavy (non-hydrogen) atoms. The van der Waals surface area contributed by atoms with E-state index >= 15 is 0 Å². The first-order valence-corrected chi connectivity index (χ1v) is 7.94. The Kier molecular flexibility index (Phi) is 3.57. The molecule has 1 fully saturated rings. The molecule has 1 aromatic carbocycles. The second-order valence-electron chi connectivity index (χ2n) is 6.40. The molecule has 0 aliphatic carbocycles. The number of benzene rings is 1. The van der Waals surface area contributed by atoms with Crippen molar-refractivity contribution in [2.75, 3.05) is 13.7 Å². The third kappa shape index (κ3) is 2.45. The van der Waals surface area contributed by atoms with Crippen molar-refractivity contribution < 1.29 is 32.6 Å². The lowest BCUT2D eigenvalue weighted by molar-refractivity contribution is 0.0392. The number of fused-ring (bicyclic) bond motifs is 2. The molecule has 2 aromatic heterocycles. The number of rotatable bonds is 4. The SMILES string of the molecule is COc1c2ccoc2c(OCC2OC(=O)OC2(C)C)c2oc(=O)ccc12. The summed E-state index contributed by atoms with van der Waals surface area (Å²) in [5.41, 5.74) is -0.819. The van der Waals surface area contributed by atoms with E-state index in [0.717, 1.165) is 0 Å². The first-order chi connectivity index (χ1) is 12.4. The lowest BCUT2D eigenvalue weighted by Gasteiger charge is -2.22. The molecule has 136 valence electrons. The Hall–Kier alpha value is -3.16. The molecule has 0 amide bonds. The van der Waals surface area contributed by atoms with Gasteiger partial charge >= 0.3 is 11.8 Å². The minimum atomic E-state index is -0.845.